The number of carbonyl (C=O) groups is 1. The molecule has 0 aliphatic carbocycles. The van der Waals surface area contributed by atoms with Gasteiger partial charge in [0.1, 0.15) is 0 Å². The molecule has 0 fully saturated rings. The van der Waals surface area contributed by atoms with Gasteiger partial charge in [0.05, 0.1) is 5.60 Å². The summed E-state index contributed by atoms with van der Waals surface area (Å²) in [5.74, 6) is -1.03. The van der Waals surface area contributed by atoms with Crippen LogP contribution < -0.4 is 0 Å². The average molecular weight is 204 g/mol. The first-order chi connectivity index (χ1) is 6.33. The molecule has 0 aromatic heterocycles. The summed E-state index contributed by atoms with van der Waals surface area (Å²) >= 11 is 0. The highest BCUT2D eigenvalue weighted by Gasteiger charge is 2.26. The van der Waals surface area contributed by atoms with E-state index in [0.29, 0.717) is 6.47 Å². The van der Waals surface area contributed by atoms with Gasteiger partial charge in [-0.25, -0.2) is 4.89 Å². The van der Waals surface area contributed by atoms with E-state index >= 15 is 0 Å². The summed E-state index contributed by atoms with van der Waals surface area (Å²) in [4.78, 5) is 20.4. The molecule has 0 aromatic carbocycles. The van der Waals surface area contributed by atoms with E-state index in [1.54, 1.807) is 13.8 Å². The van der Waals surface area contributed by atoms with Crippen LogP contribution in [0.4, 0.5) is 0 Å². The minimum Gasteiger partial charge on any atom is -0.433 e. The smallest absolute Gasteiger partial charge is 0.295 e. The van der Waals surface area contributed by atoms with Gasteiger partial charge in [-0.1, -0.05) is 13.3 Å². The minimum atomic E-state index is -1.03. The monoisotopic (exact) mass is 204 g/mol. The average Bonchev–Trinajstić information content (AvgIpc) is 2.01. The Labute approximate surface area is 85.5 Å². The van der Waals surface area contributed by atoms with Gasteiger partial charge in [-0.3, -0.25) is 4.79 Å². The molecular weight excluding hydrogens is 184 g/mol. The Morgan fingerprint density at radius 1 is 1.14 bits per heavy atom. The fraction of sp³-hybridized carbons (Fsp3) is 0.900. The van der Waals surface area contributed by atoms with E-state index in [1.165, 1.54) is 0 Å². The topological polar surface area (TPSA) is 44.8 Å². The van der Waals surface area contributed by atoms with Crippen molar-refractivity contribution >= 4 is 6.47 Å². The lowest BCUT2D eigenvalue weighted by atomic mass is 10.0. The van der Waals surface area contributed by atoms with Crippen molar-refractivity contribution in [1.82, 2.24) is 0 Å². The van der Waals surface area contributed by atoms with E-state index in [2.05, 4.69) is 11.7 Å². The molecule has 0 atom stereocenters. The normalized spacial score (nSPS) is 12.6. The first kappa shape index (κ1) is 13.4. The van der Waals surface area contributed by atoms with Crippen molar-refractivity contribution in [2.24, 2.45) is 0 Å². The van der Waals surface area contributed by atoms with Crippen LogP contribution in [0.25, 0.3) is 0 Å². The molecule has 84 valence electrons. The van der Waals surface area contributed by atoms with Crippen molar-refractivity contribution in [2.45, 2.75) is 58.8 Å². The van der Waals surface area contributed by atoms with Crippen LogP contribution in [0.3, 0.4) is 0 Å². The zero-order valence-electron chi connectivity index (χ0n) is 9.62. The van der Waals surface area contributed by atoms with Gasteiger partial charge in [0.25, 0.3) is 6.47 Å². The molecule has 4 heteroatoms. The Morgan fingerprint density at radius 2 is 1.71 bits per heavy atom. The lowest BCUT2D eigenvalue weighted by Gasteiger charge is -2.28. The summed E-state index contributed by atoms with van der Waals surface area (Å²) in [6.45, 7) is 9.49. The van der Waals surface area contributed by atoms with Gasteiger partial charge in [-0.05, 0) is 20.3 Å². The second-order valence-corrected chi connectivity index (χ2v) is 4.29. The molecule has 14 heavy (non-hydrogen) atoms. The van der Waals surface area contributed by atoms with Crippen molar-refractivity contribution in [3.63, 3.8) is 0 Å². The minimum absolute atomic E-state index is 0.343. The fourth-order valence-electron chi connectivity index (χ4n) is 0.992. The summed E-state index contributed by atoms with van der Waals surface area (Å²) in [6.07, 6.45) is 1.88. The SMILES string of the molecule is CCCC(C)(C)OOC(C)(C)OC=O. The van der Waals surface area contributed by atoms with Crippen LogP contribution in [-0.4, -0.2) is 17.9 Å². The summed E-state index contributed by atoms with van der Waals surface area (Å²) in [6, 6.07) is 0. The Hall–Kier alpha value is -0.610. The predicted molar refractivity (Wildman–Crippen MR) is 52.4 cm³/mol. The van der Waals surface area contributed by atoms with Crippen molar-refractivity contribution in [3.8, 4) is 0 Å². The van der Waals surface area contributed by atoms with Gasteiger partial charge in [-0.2, -0.15) is 4.89 Å². The van der Waals surface area contributed by atoms with Crippen molar-refractivity contribution in [1.29, 1.82) is 0 Å². The maximum atomic E-state index is 10.1. The van der Waals surface area contributed by atoms with Crippen LogP contribution in [0.2, 0.25) is 0 Å². The van der Waals surface area contributed by atoms with Crippen LogP contribution in [0, 0.1) is 0 Å². The lowest BCUT2D eigenvalue weighted by Crippen LogP contribution is -2.34. The number of rotatable bonds is 7. The standard InChI is InChI=1S/C10H20O4/c1-6-7-9(2,3)13-14-10(4,5)12-8-11/h8H,6-7H2,1-5H3. The zero-order valence-corrected chi connectivity index (χ0v) is 9.62. The molecule has 0 aliphatic heterocycles. The first-order valence-electron chi connectivity index (χ1n) is 4.81. The van der Waals surface area contributed by atoms with Crippen LogP contribution in [0.5, 0.6) is 0 Å². The van der Waals surface area contributed by atoms with Gasteiger partial charge in [-0.15, -0.1) is 0 Å². The van der Waals surface area contributed by atoms with E-state index in [1.807, 2.05) is 13.8 Å². The van der Waals surface area contributed by atoms with Crippen molar-refractivity contribution in [2.75, 3.05) is 0 Å². The van der Waals surface area contributed by atoms with E-state index in [4.69, 9.17) is 9.78 Å². The fourth-order valence-corrected chi connectivity index (χ4v) is 0.992. The van der Waals surface area contributed by atoms with E-state index in [-0.39, 0.29) is 5.60 Å². The molecule has 0 heterocycles. The molecule has 0 bridgehead atoms. The van der Waals surface area contributed by atoms with Crippen LogP contribution in [0.15, 0.2) is 0 Å². The van der Waals surface area contributed by atoms with Crippen molar-refractivity contribution < 1.29 is 19.3 Å². The molecular formula is C10H20O4. The molecule has 0 rings (SSSR count). The van der Waals surface area contributed by atoms with Gasteiger partial charge in [0, 0.05) is 13.8 Å². The van der Waals surface area contributed by atoms with Crippen LogP contribution >= 0.6 is 0 Å². The maximum Gasteiger partial charge on any atom is 0.295 e. The van der Waals surface area contributed by atoms with Gasteiger partial charge in [0.2, 0.25) is 5.79 Å². The molecule has 0 radical (unpaired) electrons. The van der Waals surface area contributed by atoms with E-state index in [0.717, 1.165) is 12.8 Å². The number of hydrogen-bond acceptors (Lipinski definition) is 4. The predicted octanol–water partition coefficient (Wildman–Crippen LogP) is 2.42. The highest BCUT2D eigenvalue weighted by Crippen LogP contribution is 2.21. The number of carbonyl (C=O) groups excluding carboxylic acids is 1. The highest BCUT2D eigenvalue weighted by atomic mass is 17.2. The van der Waals surface area contributed by atoms with E-state index in [9.17, 15) is 4.79 Å². The highest BCUT2D eigenvalue weighted by molar-refractivity contribution is 5.37. The Morgan fingerprint density at radius 3 is 2.14 bits per heavy atom. The molecule has 0 saturated carbocycles. The Balaban J connectivity index is 3.96. The van der Waals surface area contributed by atoms with Crippen LogP contribution in [0.1, 0.15) is 47.5 Å². The number of hydrogen-bond donors (Lipinski definition) is 0. The molecule has 0 aromatic rings. The third-order valence-corrected chi connectivity index (χ3v) is 1.65. The summed E-state index contributed by atoms with van der Waals surface area (Å²) < 4.78 is 4.68. The Bertz CT molecular complexity index is 175. The molecule has 4 nitrogen and oxygen atoms in total. The molecule has 0 amide bonds. The summed E-state index contributed by atoms with van der Waals surface area (Å²) in [7, 11) is 0. The molecule has 0 saturated heterocycles. The molecule has 0 spiro atoms. The van der Waals surface area contributed by atoms with Crippen molar-refractivity contribution in [3.05, 3.63) is 0 Å². The second kappa shape index (κ2) is 5.32. The maximum absolute atomic E-state index is 10.1. The molecule has 0 unspecified atom stereocenters. The van der Waals surface area contributed by atoms with Gasteiger partial charge >= 0.3 is 0 Å². The quantitative estimate of drug-likeness (QED) is 0.276. The van der Waals surface area contributed by atoms with Crippen LogP contribution in [-0.2, 0) is 19.3 Å². The zero-order chi connectivity index (χ0) is 11.2. The third kappa shape index (κ3) is 5.94. The molecule has 0 aliphatic rings. The Kier molecular flexibility index (Phi) is 5.08. The van der Waals surface area contributed by atoms with E-state index < -0.39 is 5.79 Å². The summed E-state index contributed by atoms with van der Waals surface area (Å²) in [5.41, 5.74) is -0.363. The molecule has 0 N–H and O–H groups in total. The first-order valence-corrected chi connectivity index (χ1v) is 4.81. The third-order valence-electron chi connectivity index (χ3n) is 1.65. The summed E-state index contributed by atoms with van der Waals surface area (Å²) in [5, 5.41) is 0. The lowest BCUT2D eigenvalue weighted by molar-refractivity contribution is -0.443. The van der Waals surface area contributed by atoms with Gasteiger partial charge in [0.15, 0.2) is 0 Å². The van der Waals surface area contributed by atoms with Gasteiger partial charge < -0.3 is 4.74 Å². The number of ether oxygens (including phenoxy) is 1. The second-order valence-electron chi connectivity index (χ2n) is 4.29. The largest absolute Gasteiger partial charge is 0.433 e.